The Balaban J connectivity index is 1.94. The molecule has 0 unspecified atom stereocenters. The van der Waals surface area contributed by atoms with Gasteiger partial charge < -0.3 is 20.7 Å². The van der Waals surface area contributed by atoms with Crippen molar-refractivity contribution in [1.29, 1.82) is 0 Å². The summed E-state index contributed by atoms with van der Waals surface area (Å²) in [5.74, 6) is 0.405. The maximum absolute atomic E-state index is 12.0. The summed E-state index contributed by atoms with van der Waals surface area (Å²) < 4.78 is 5.06. The largest absolute Gasteiger partial charge is 0.495 e. The number of carbonyl (C=O) groups is 2. The lowest BCUT2D eigenvalue weighted by Gasteiger charge is -2.19. The molecule has 0 aliphatic carbocycles. The van der Waals surface area contributed by atoms with Gasteiger partial charge in [0.15, 0.2) is 0 Å². The molecule has 2 amide bonds. The predicted octanol–water partition coefficient (Wildman–Crippen LogP) is 1.62. The van der Waals surface area contributed by atoms with Crippen LogP contribution in [-0.2, 0) is 9.59 Å². The van der Waals surface area contributed by atoms with Gasteiger partial charge in [-0.25, -0.2) is 0 Å². The van der Waals surface area contributed by atoms with Crippen molar-refractivity contribution in [2.75, 3.05) is 31.2 Å². The van der Waals surface area contributed by atoms with Crippen molar-refractivity contribution in [3.63, 3.8) is 0 Å². The van der Waals surface area contributed by atoms with Gasteiger partial charge in [0, 0.05) is 18.7 Å². The summed E-state index contributed by atoms with van der Waals surface area (Å²) in [7, 11) is 1.54. The number of nitrogens with one attached hydrogen (secondary N) is 1. The van der Waals surface area contributed by atoms with E-state index in [9.17, 15) is 9.59 Å². The number of hydrogen-bond donors (Lipinski definition) is 2. The Morgan fingerprint density at radius 2 is 2.19 bits per heavy atom. The molecule has 0 aromatic heterocycles. The van der Waals surface area contributed by atoms with Crippen LogP contribution in [0.5, 0.6) is 5.75 Å². The molecule has 1 aromatic rings. The summed E-state index contributed by atoms with van der Waals surface area (Å²) in [6.45, 7) is 0.738. The van der Waals surface area contributed by atoms with Crippen LogP contribution in [0, 0.1) is 0 Å². The quantitative estimate of drug-likeness (QED) is 0.826. The van der Waals surface area contributed by atoms with Crippen molar-refractivity contribution in [2.45, 2.75) is 25.7 Å². The lowest BCUT2D eigenvalue weighted by Crippen LogP contribution is -2.37. The topological polar surface area (TPSA) is 84.7 Å². The highest BCUT2D eigenvalue weighted by atomic mass is 16.5. The van der Waals surface area contributed by atoms with Crippen LogP contribution in [0.3, 0.4) is 0 Å². The number of likely N-dealkylation sites (tertiary alicyclic amines) is 1. The maximum Gasteiger partial charge on any atom is 0.243 e. The molecule has 21 heavy (non-hydrogen) atoms. The van der Waals surface area contributed by atoms with Crippen LogP contribution < -0.4 is 15.8 Å². The number of benzene rings is 1. The Labute approximate surface area is 124 Å². The van der Waals surface area contributed by atoms with Gasteiger partial charge in [-0.2, -0.15) is 0 Å². The lowest BCUT2D eigenvalue weighted by atomic mass is 10.2. The first-order chi connectivity index (χ1) is 10.1. The fourth-order valence-corrected chi connectivity index (χ4v) is 2.39. The second kappa shape index (κ2) is 6.97. The Morgan fingerprint density at radius 1 is 1.38 bits per heavy atom. The number of anilines is 2. The van der Waals surface area contributed by atoms with Crippen molar-refractivity contribution in [2.24, 2.45) is 0 Å². The fraction of sp³-hybridized carbons (Fsp3) is 0.467. The molecule has 1 heterocycles. The number of amides is 2. The highest BCUT2D eigenvalue weighted by molar-refractivity contribution is 5.95. The zero-order valence-electron chi connectivity index (χ0n) is 12.2. The van der Waals surface area contributed by atoms with Crippen LogP contribution in [0.1, 0.15) is 25.7 Å². The zero-order chi connectivity index (χ0) is 15.2. The average molecular weight is 291 g/mol. The van der Waals surface area contributed by atoms with Gasteiger partial charge in [0.25, 0.3) is 0 Å². The highest BCUT2D eigenvalue weighted by Gasteiger charge is 2.19. The summed E-state index contributed by atoms with van der Waals surface area (Å²) in [5, 5.41) is 2.75. The first kappa shape index (κ1) is 15.2. The Bertz CT molecular complexity index is 531. The second-order valence-electron chi connectivity index (χ2n) is 5.13. The monoisotopic (exact) mass is 291 g/mol. The minimum Gasteiger partial charge on any atom is -0.495 e. The maximum atomic E-state index is 12.0. The van der Waals surface area contributed by atoms with Gasteiger partial charge in [-0.1, -0.05) is 6.42 Å². The standard InChI is InChI=1S/C15H21N3O3/c1-21-13-7-6-11(9-12(13)16)17-14(19)10-18-8-4-2-3-5-15(18)20/h6-7,9H,2-5,8,10,16H2,1H3,(H,17,19). The number of methoxy groups -OCH3 is 1. The molecule has 2 rings (SSSR count). The number of nitrogens with two attached hydrogens (primary N) is 1. The molecule has 1 aliphatic heterocycles. The summed E-state index contributed by atoms with van der Waals surface area (Å²) in [5.41, 5.74) is 6.85. The molecule has 114 valence electrons. The van der Waals surface area contributed by atoms with E-state index in [1.807, 2.05) is 0 Å². The van der Waals surface area contributed by atoms with Crippen molar-refractivity contribution in [3.05, 3.63) is 18.2 Å². The first-order valence-electron chi connectivity index (χ1n) is 7.11. The molecule has 3 N–H and O–H groups in total. The molecule has 0 spiro atoms. The Kier molecular flexibility index (Phi) is 5.03. The van der Waals surface area contributed by atoms with E-state index in [1.165, 1.54) is 7.11 Å². The minimum atomic E-state index is -0.213. The molecular weight excluding hydrogens is 270 g/mol. The number of carbonyl (C=O) groups excluding carboxylic acids is 2. The Morgan fingerprint density at radius 3 is 2.90 bits per heavy atom. The Hall–Kier alpha value is -2.24. The van der Waals surface area contributed by atoms with Crippen molar-refractivity contribution >= 4 is 23.2 Å². The molecule has 0 saturated carbocycles. The second-order valence-corrected chi connectivity index (χ2v) is 5.13. The highest BCUT2D eigenvalue weighted by Crippen LogP contribution is 2.24. The van der Waals surface area contributed by atoms with Crippen LogP contribution in [0.4, 0.5) is 11.4 Å². The van der Waals surface area contributed by atoms with Crippen molar-refractivity contribution in [1.82, 2.24) is 4.90 Å². The minimum absolute atomic E-state index is 0.0527. The van der Waals surface area contributed by atoms with E-state index in [4.69, 9.17) is 10.5 Å². The number of nitrogens with zero attached hydrogens (tertiary/aromatic N) is 1. The molecule has 0 bridgehead atoms. The van der Waals surface area contributed by atoms with Gasteiger partial charge in [0.2, 0.25) is 11.8 Å². The van der Waals surface area contributed by atoms with E-state index in [-0.39, 0.29) is 18.4 Å². The predicted molar refractivity (Wildman–Crippen MR) is 81.1 cm³/mol. The number of rotatable bonds is 4. The van der Waals surface area contributed by atoms with Crippen LogP contribution in [0.2, 0.25) is 0 Å². The van der Waals surface area contributed by atoms with Crippen LogP contribution >= 0.6 is 0 Å². The van der Waals surface area contributed by atoms with Crippen LogP contribution in [0.15, 0.2) is 18.2 Å². The van der Waals surface area contributed by atoms with E-state index in [0.717, 1.165) is 19.3 Å². The molecule has 0 radical (unpaired) electrons. The molecule has 1 saturated heterocycles. The summed E-state index contributed by atoms with van der Waals surface area (Å²) in [6, 6.07) is 5.06. The van der Waals surface area contributed by atoms with Gasteiger partial charge in [-0.05, 0) is 31.0 Å². The molecule has 1 aromatic carbocycles. The summed E-state index contributed by atoms with van der Waals surface area (Å²) >= 11 is 0. The van der Waals surface area contributed by atoms with Crippen LogP contribution in [0.25, 0.3) is 0 Å². The third-order valence-corrected chi connectivity index (χ3v) is 3.52. The zero-order valence-corrected chi connectivity index (χ0v) is 12.2. The van der Waals surface area contributed by atoms with E-state index < -0.39 is 0 Å². The van der Waals surface area contributed by atoms with Gasteiger partial charge in [0.05, 0.1) is 19.3 Å². The average Bonchev–Trinajstić information content (AvgIpc) is 2.64. The lowest BCUT2D eigenvalue weighted by molar-refractivity contribution is -0.134. The van der Waals surface area contributed by atoms with Crippen molar-refractivity contribution < 1.29 is 14.3 Å². The third-order valence-electron chi connectivity index (χ3n) is 3.52. The molecule has 1 fully saturated rings. The first-order valence-corrected chi connectivity index (χ1v) is 7.11. The molecule has 0 atom stereocenters. The normalized spacial score (nSPS) is 15.5. The fourth-order valence-electron chi connectivity index (χ4n) is 2.39. The van der Waals surface area contributed by atoms with E-state index >= 15 is 0 Å². The smallest absolute Gasteiger partial charge is 0.243 e. The third kappa shape index (κ3) is 4.11. The molecule has 6 heteroatoms. The van der Waals surface area contributed by atoms with E-state index in [2.05, 4.69) is 5.32 Å². The van der Waals surface area contributed by atoms with Gasteiger partial charge >= 0.3 is 0 Å². The van der Waals surface area contributed by atoms with E-state index in [0.29, 0.717) is 30.1 Å². The van der Waals surface area contributed by atoms with Gasteiger partial charge in [-0.3, -0.25) is 9.59 Å². The number of ether oxygens (including phenoxy) is 1. The van der Waals surface area contributed by atoms with Gasteiger partial charge in [-0.15, -0.1) is 0 Å². The summed E-state index contributed by atoms with van der Waals surface area (Å²) in [4.78, 5) is 25.5. The molecular formula is C15H21N3O3. The van der Waals surface area contributed by atoms with E-state index in [1.54, 1.807) is 23.1 Å². The molecule has 6 nitrogen and oxygen atoms in total. The molecule has 1 aliphatic rings. The van der Waals surface area contributed by atoms with Crippen molar-refractivity contribution in [3.8, 4) is 5.75 Å². The number of hydrogen-bond acceptors (Lipinski definition) is 4. The van der Waals surface area contributed by atoms with Gasteiger partial charge in [0.1, 0.15) is 5.75 Å². The number of nitrogen functional groups attached to an aromatic ring is 1. The van der Waals surface area contributed by atoms with Crippen LogP contribution in [-0.4, -0.2) is 36.9 Å². The SMILES string of the molecule is COc1ccc(NC(=O)CN2CCCCCC2=O)cc1N. The summed E-state index contributed by atoms with van der Waals surface area (Å²) in [6.07, 6.45) is 3.43.